The van der Waals surface area contributed by atoms with Gasteiger partial charge in [0.25, 0.3) is 5.91 Å². The van der Waals surface area contributed by atoms with Crippen LogP contribution >= 0.6 is 24.0 Å². The number of nitrogens with one attached hydrogen (secondary N) is 3. The lowest BCUT2D eigenvalue weighted by Crippen LogP contribution is -2.33. The molecule has 2 rings (SSSR count). The molecule has 2 aromatic rings. The molecule has 0 unspecified atom stereocenters. The Morgan fingerprint density at radius 3 is 2.47 bits per heavy atom. The summed E-state index contributed by atoms with van der Waals surface area (Å²) in [6.07, 6.45) is 1.63. The molecule has 8 heteroatoms. The molecule has 0 saturated heterocycles. The van der Waals surface area contributed by atoms with Crippen LogP contribution in [-0.4, -0.2) is 52.3 Å². The minimum Gasteiger partial charge on any atom is -0.493 e. The molecule has 0 aliphatic heterocycles. The van der Waals surface area contributed by atoms with Gasteiger partial charge < -0.3 is 25.4 Å². The third-order valence-electron chi connectivity index (χ3n) is 4.05. The number of carbonyl (C=O) groups is 1. The Hall–Kier alpha value is -2.33. The lowest BCUT2D eigenvalue weighted by atomic mass is 10.2. The number of aliphatic imine (C=N–C) groups is 1. The number of halogens is 1. The van der Waals surface area contributed by atoms with E-state index in [-0.39, 0.29) is 29.9 Å². The lowest BCUT2D eigenvalue weighted by Gasteiger charge is -2.13. The summed E-state index contributed by atoms with van der Waals surface area (Å²) in [6, 6.07) is 16.9. The third-order valence-corrected chi connectivity index (χ3v) is 4.05. The van der Waals surface area contributed by atoms with Gasteiger partial charge in [-0.3, -0.25) is 9.79 Å². The maximum absolute atomic E-state index is 12.0. The van der Waals surface area contributed by atoms with Crippen molar-refractivity contribution in [2.24, 2.45) is 4.99 Å². The van der Waals surface area contributed by atoms with E-state index in [1.807, 2.05) is 42.5 Å². The summed E-state index contributed by atoms with van der Waals surface area (Å²) in [5, 5.41) is 9.40. The predicted octanol–water partition coefficient (Wildman–Crippen LogP) is 3.53. The van der Waals surface area contributed by atoms with E-state index in [1.54, 1.807) is 26.3 Å². The monoisotopic (exact) mass is 526 g/mol. The van der Waals surface area contributed by atoms with Crippen molar-refractivity contribution in [3.8, 4) is 5.75 Å². The van der Waals surface area contributed by atoms with E-state index in [1.165, 1.54) is 0 Å². The molecule has 30 heavy (non-hydrogen) atoms. The maximum Gasteiger partial charge on any atom is 0.251 e. The van der Waals surface area contributed by atoms with Gasteiger partial charge in [-0.2, -0.15) is 0 Å². The highest BCUT2D eigenvalue weighted by molar-refractivity contribution is 14.0. The number of rotatable bonds is 11. The average molecular weight is 526 g/mol. The number of methoxy groups -OCH3 is 1. The average Bonchev–Trinajstić information content (AvgIpc) is 2.76. The molecule has 0 atom stereocenters. The number of carbonyl (C=O) groups excluding carboxylic acids is 1. The second-order valence-corrected chi connectivity index (χ2v) is 6.32. The van der Waals surface area contributed by atoms with E-state index in [4.69, 9.17) is 9.47 Å². The summed E-state index contributed by atoms with van der Waals surface area (Å²) < 4.78 is 10.7. The van der Waals surface area contributed by atoms with Crippen molar-refractivity contribution >= 4 is 41.5 Å². The van der Waals surface area contributed by atoms with Crippen molar-refractivity contribution in [3.63, 3.8) is 0 Å². The topological polar surface area (TPSA) is 84.0 Å². The van der Waals surface area contributed by atoms with Crippen molar-refractivity contribution in [2.45, 2.75) is 12.8 Å². The van der Waals surface area contributed by atoms with Crippen molar-refractivity contribution in [2.75, 3.05) is 45.8 Å². The van der Waals surface area contributed by atoms with Crippen LogP contribution < -0.4 is 20.7 Å². The fourth-order valence-electron chi connectivity index (χ4n) is 2.56. The Morgan fingerprint density at radius 2 is 1.73 bits per heavy atom. The van der Waals surface area contributed by atoms with E-state index in [0.29, 0.717) is 37.8 Å². The number of guanidine groups is 1. The van der Waals surface area contributed by atoms with Crippen LogP contribution in [0, 0.1) is 0 Å². The SMILES string of the molecule is CN=C(NCCCNC(=O)c1ccccc1)Nc1cccc(OCCCOC)c1.I. The number of hydrogen-bond acceptors (Lipinski definition) is 4. The van der Waals surface area contributed by atoms with Gasteiger partial charge in [-0.25, -0.2) is 0 Å². The molecule has 0 saturated carbocycles. The quantitative estimate of drug-likeness (QED) is 0.181. The molecule has 0 fully saturated rings. The second-order valence-electron chi connectivity index (χ2n) is 6.32. The van der Waals surface area contributed by atoms with Gasteiger partial charge in [-0.15, -0.1) is 24.0 Å². The molecule has 0 radical (unpaired) electrons. The van der Waals surface area contributed by atoms with E-state index < -0.39 is 0 Å². The van der Waals surface area contributed by atoms with Gasteiger partial charge in [0.2, 0.25) is 0 Å². The zero-order valence-electron chi connectivity index (χ0n) is 17.5. The summed E-state index contributed by atoms with van der Waals surface area (Å²) in [5.74, 6) is 1.40. The minimum atomic E-state index is -0.0598. The fourth-order valence-corrected chi connectivity index (χ4v) is 2.56. The number of benzene rings is 2. The Morgan fingerprint density at radius 1 is 0.967 bits per heavy atom. The van der Waals surface area contributed by atoms with Gasteiger partial charge in [0.15, 0.2) is 5.96 Å². The fraction of sp³-hybridized carbons (Fsp3) is 0.364. The van der Waals surface area contributed by atoms with Crippen LogP contribution in [0.3, 0.4) is 0 Å². The molecule has 3 N–H and O–H groups in total. The Labute approximate surface area is 195 Å². The molecule has 1 amide bonds. The van der Waals surface area contributed by atoms with Crippen molar-refractivity contribution < 1.29 is 14.3 Å². The molecule has 0 bridgehead atoms. The molecular weight excluding hydrogens is 495 g/mol. The van der Waals surface area contributed by atoms with Gasteiger partial charge in [-0.05, 0) is 30.7 Å². The smallest absolute Gasteiger partial charge is 0.251 e. The summed E-state index contributed by atoms with van der Waals surface area (Å²) in [7, 11) is 3.40. The van der Waals surface area contributed by atoms with E-state index >= 15 is 0 Å². The van der Waals surface area contributed by atoms with Crippen LogP contribution in [0.4, 0.5) is 5.69 Å². The first-order valence-electron chi connectivity index (χ1n) is 9.75. The highest BCUT2D eigenvalue weighted by Crippen LogP contribution is 2.17. The Bertz CT molecular complexity index is 772. The number of hydrogen-bond donors (Lipinski definition) is 3. The number of nitrogens with zero attached hydrogens (tertiary/aromatic N) is 1. The maximum atomic E-state index is 12.0. The first kappa shape index (κ1) is 25.7. The molecule has 0 spiro atoms. The first-order chi connectivity index (χ1) is 14.2. The normalized spacial score (nSPS) is 10.7. The summed E-state index contributed by atoms with van der Waals surface area (Å²) in [4.78, 5) is 16.2. The highest BCUT2D eigenvalue weighted by Gasteiger charge is 2.04. The van der Waals surface area contributed by atoms with Gasteiger partial charge in [-0.1, -0.05) is 24.3 Å². The van der Waals surface area contributed by atoms with Crippen LogP contribution in [-0.2, 0) is 4.74 Å². The molecule has 7 nitrogen and oxygen atoms in total. The molecule has 0 aliphatic rings. The van der Waals surface area contributed by atoms with E-state index in [9.17, 15) is 4.79 Å². The zero-order chi connectivity index (χ0) is 20.7. The molecule has 164 valence electrons. The molecular formula is C22H31IN4O3. The standard InChI is InChI=1S/C22H30N4O3.HI/c1-23-22(25-14-7-13-24-21(27)18-9-4-3-5-10-18)26-19-11-6-12-20(17-19)29-16-8-15-28-2;/h3-6,9-12,17H,7-8,13-16H2,1-2H3,(H,24,27)(H2,23,25,26);1H. The van der Waals surface area contributed by atoms with Gasteiger partial charge in [0.05, 0.1) is 6.61 Å². The predicted molar refractivity (Wildman–Crippen MR) is 132 cm³/mol. The van der Waals surface area contributed by atoms with Gasteiger partial charge in [0.1, 0.15) is 5.75 Å². The molecule has 0 aromatic heterocycles. The molecule has 0 heterocycles. The summed E-state index contributed by atoms with van der Waals surface area (Å²) >= 11 is 0. The van der Waals surface area contributed by atoms with Crippen LogP contribution in [0.25, 0.3) is 0 Å². The van der Waals surface area contributed by atoms with Crippen molar-refractivity contribution in [1.82, 2.24) is 10.6 Å². The second kappa shape index (κ2) is 15.5. The lowest BCUT2D eigenvalue weighted by molar-refractivity contribution is 0.0953. The third kappa shape index (κ3) is 9.93. The largest absolute Gasteiger partial charge is 0.493 e. The van der Waals surface area contributed by atoms with Crippen LogP contribution in [0.15, 0.2) is 59.6 Å². The number of ether oxygens (including phenoxy) is 2. The van der Waals surface area contributed by atoms with Crippen molar-refractivity contribution in [3.05, 3.63) is 60.2 Å². The van der Waals surface area contributed by atoms with Crippen LogP contribution in [0.2, 0.25) is 0 Å². The first-order valence-corrected chi connectivity index (χ1v) is 9.75. The van der Waals surface area contributed by atoms with Crippen molar-refractivity contribution in [1.29, 1.82) is 0 Å². The van der Waals surface area contributed by atoms with Gasteiger partial charge in [0, 0.05) is 57.6 Å². The Kier molecular flexibility index (Phi) is 13.3. The highest BCUT2D eigenvalue weighted by atomic mass is 127. The minimum absolute atomic E-state index is 0. The summed E-state index contributed by atoms with van der Waals surface area (Å²) in [5.41, 5.74) is 1.56. The van der Waals surface area contributed by atoms with E-state index in [0.717, 1.165) is 24.3 Å². The van der Waals surface area contributed by atoms with Crippen LogP contribution in [0.1, 0.15) is 23.2 Å². The van der Waals surface area contributed by atoms with Gasteiger partial charge >= 0.3 is 0 Å². The number of amides is 1. The Balaban J connectivity index is 0.00000450. The molecule has 0 aliphatic carbocycles. The van der Waals surface area contributed by atoms with E-state index in [2.05, 4.69) is 20.9 Å². The van der Waals surface area contributed by atoms with Crippen LogP contribution in [0.5, 0.6) is 5.75 Å². The zero-order valence-corrected chi connectivity index (χ0v) is 19.8. The summed E-state index contributed by atoms with van der Waals surface area (Å²) in [6.45, 7) is 2.56. The molecule has 2 aromatic carbocycles. The number of anilines is 1.